The predicted molar refractivity (Wildman–Crippen MR) is 558 cm³/mol. The zero-order chi connectivity index (χ0) is 100. The molecule has 1 aliphatic carbocycles. The van der Waals surface area contributed by atoms with Crippen molar-refractivity contribution in [2.75, 3.05) is 60.5 Å². The first-order valence-corrected chi connectivity index (χ1v) is 49.0. The van der Waals surface area contributed by atoms with Crippen molar-refractivity contribution in [3.63, 3.8) is 0 Å². The molecule has 5 aliphatic rings. The largest absolute Gasteiger partial charge is 0.447 e. The van der Waals surface area contributed by atoms with Crippen LogP contribution in [-0.2, 0) is 44.5 Å². The lowest BCUT2D eigenvalue weighted by Crippen LogP contribution is -2.45. The van der Waals surface area contributed by atoms with Crippen molar-refractivity contribution >= 4 is 99.4 Å². The van der Waals surface area contributed by atoms with Crippen LogP contribution in [-0.4, -0.2) is 122 Å². The summed E-state index contributed by atoms with van der Waals surface area (Å²) in [6, 6.07) is 75.4. The molecule has 0 radical (unpaired) electrons. The Hall–Kier alpha value is -14.0. The van der Waals surface area contributed by atoms with Gasteiger partial charge in [-0.15, -0.1) is 0 Å². The molecular formula is C114H140N12O13. The van der Waals surface area contributed by atoms with Gasteiger partial charge in [0.2, 0.25) is 23.6 Å². The highest BCUT2D eigenvalue weighted by Crippen LogP contribution is 2.46. The number of hydrogen-bond donors (Lipinski definition) is 8. The Balaban J connectivity index is 0.000000166. The molecular weight excluding hydrogens is 1750 g/mol. The lowest BCUT2D eigenvalue weighted by atomic mass is 9.89. The average Bonchev–Trinajstić information content (AvgIpc) is 1.66. The van der Waals surface area contributed by atoms with Crippen molar-refractivity contribution < 1.29 is 62.1 Å². The molecule has 0 bridgehead atoms. The van der Waals surface area contributed by atoms with E-state index in [1.54, 1.807) is 58.6 Å². The lowest BCUT2D eigenvalue weighted by Gasteiger charge is -2.39. The van der Waals surface area contributed by atoms with Crippen LogP contribution in [0.3, 0.4) is 0 Å². The highest BCUT2D eigenvalue weighted by Gasteiger charge is 2.39. The predicted octanol–water partition coefficient (Wildman–Crippen LogP) is 24.7. The van der Waals surface area contributed by atoms with Gasteiger partial charge in [0.25, 0.3) is 5.91 Å². The first-order valence-electron chi connectivity index (χ1n) is 49.0. The second kappa shape index (κ2) is 47.9. The van der Waals surface area contributed by atoms with Crippen molar-refractivity contribution in [3.8, 4) is 44.5 Å². The summed E-state index contributed by atoms with van der Waals surface area (Å²) >= 11 is 0. The zero-order valence-electron chi connectivity index (χ0n) is 84.0. The van der Waals surface area contributed by atoms with E-state index >= 15 is 0 Å². The number of aryl methyl sites for hydroxylation is 1. The number of carbonyl (C=O) groups excluding carboxylic acids is 9. The van der Waals surface area contributed by atoms with E-state index in [0.717, 1.165) is 151 Å². The van der Waals surface area contributed by atoms with Crippen LogP contribution in [0.4, 0.5) is 64.7 Å². The van der Waals surface area contributed by atoms with Crippen molar-refractivity contribution in [2.24, 2.45) is 11.3 Å². The van der Waals surface area contributed by atoms with E-state index < -0.39 is 24.4 Å². The fourth-order valence-electron chi connectivity index (χ4n) is 18.5. The fraction of sp³-hybridized carbons (Fsp3) is 0.395. The van der Waals surface area contributed by atoms with Crippen molar-refractivity contribution in [1.82, 2.24) is 21.3 Å². The van der Waals surface area contributed by atoms with Crippen LogP contribution in [0.25, 0.3) is 44.5 Å². The number of rotatable bonds is 25. The molecule has 0 spiro atoms. The zero-order valence-corrected chi connectivity index (χ0v) is 84.0. The molecule has 25 nitrogen and oxygen atoms in total. The molecule has 4 aliphatic heterocycles. The first-order chi connectivity index (χ1) is 66.3. The van der Waals surface area contributed by atoms with Gasteiger partial charge in [-0.25, -0.2) is 19.2 Å². The van der Waals surface area contributed by atoms with E-state index in [1.807, 2.05) is 193 Å². The van der Waals surface area contributed by atoms with Crippen LogP contribution in [0.5, 0.6) is 0 Å². The monoisotopic (exact) mass is 1890 g/mol. The summed E-state index contributed by atoms with van der Waals surface area (Å²) in [6.45, 7) is 38.4. The van der Waals surface area contributed by atoms with Crippen LogP contribution in [0, 0.1) is 11.3 Å². The van der Waals surface area contributed by atoms with E-state index in [9.17, 15) is 43.2 Å². The third-order valence-electron chi connectivity index (χ3n) is 25.0. The minimum Gasteiger partial charge on any atom is -0.447 e. The van der Waals surface area contributed by atoms with Crippen LogP contribution in [0.1, 0.15) is 245 Å². The standard InChI is InChI=1S/C31H37N3O3.C29H31N3O4.C28H39N3O3.C26H33N3O3/c1-21(2)37-31(36)33-29-18-22(3)34(23(4)35)30-16-15-26(20-28(29)30)25-13-8-14-27(19-25)32-17-9-12-24-10-6-5-7-11-24;1-18(2)36-29(35)31-26-15-19(3)32(20(4)33)27-14-13-23(17-25(26)27)22-11-8-12-24(16-22)30-28(34)21-9-6-5-7-10-21;1-18(2)34-27(33)30-25-15-19(3)31(20(4)32)26-12-11-22(17-24(25)26)21-9-8-10-23(16-21)29-14-13-28(5,6)7;1-16(2)32-26(31)28-24-12-17(3)29(18(4)30)25-11-10-21(14-23(24)25)20-6-5-7-22(13-20)27-15-19-8-9-19/h5-8,10-11,13-16,19-22,29,32H,9,12,17-18H2,1-4H3,(H,33,36);5-14,16-19,26H,15H2,1-4H3,(H,30,34)(H,31,35);8-12,16-19,25,29H,13-15H2,1-7H3,(H,30,33);5-7,10-11,13-14,16-17,19,24,27H,8-9,12,15H2,1-4H3,(H,28,31)/t22-,29+;19-,26+;19-,25+;17-,24+/m0000/s1. The summed E-state index contributed by atoms with van der Waals surface area (Å²) in [4.78, 5) is 119. The maximum Gasteiger partial charge on any atom is 0.407 e. The summed E-state index contributed by atoms with van der Waals surface area (Å²) in [5.74, 6) is 0.559. The maximum absolute atomic E-state index is 12.6. The Bertz CT molecular complexity index is 5950. The summed E-state index contributed by atoms with van der Waals surface area (Å²) in [5, 5.41) is 25.6. The number of anilines is 8. The van der Waals surface area contributed by atoms with Crippen LogP contribution < -0.4 is 62.1 Å². The Labute approximate surface area is 820 Å². The van der Waals surface area contributed by atoms with Gasteiger partial charge < -0.3 is 81.1 Å². The highest BCUT2D eigenvalue weighted by atomic mass is 16.6. The molecule has 139 heavy (non-hydrogen) atoms. The number of amides is 9. The van der Waals surface area contributed by atoms with Crippen LogP contribution in [0.15, 0.2) is 231 Å². The van der Waals surface area contributed by atoms with Crippen LogP contribution >= 0.6 is 0 Å². The minimum absolute atomic E-state index is 0.000908. The number of carbonyl (C=O) groups is 9. The van der Waals surface area contributed by atoms with Crippen LogP contribution in [0.2, 0.25) is 0 Å². The lowest BCUT2D eigenvalue weighted by molar-refractivity contribution is -0.118. The average molecular weight is 1890 g/mol. The molecule has 15 rings (SSSR count). The fourth-order valence-corrected chi connectivity index (χ4v) is 18.5. The Morgan fingerprint density at radius 3 is 0.928 bits per heavy atom. The topological polar surface area (TPSA) is 300 Å². The Morgan fingerprint density at radius 2 is 0.626 bits per heavy atom. The van der Waals surface area contributed by atoms with Gasteiger partial charge in [-0.2, -0.15) is 0 Å². The van der Waals surface area contributed by atoms with E-state index in [2.05, 4.69) is 173 Å². The molecule has 0 unspecified atom stereocenters. The quantitative estimate of drug-likeness (QED) is 0.0195. The molecule has 10 aromatic rings. The Morgan fingerprint density at radius 1 is 0.338 bits per heavy atom. The molecule has 4 heterocycles. The molecule has 0 aromatic heterocycles. The first kappa shape index (κ1) is 104. The van der Waals surface area contributed by atoms with Crippen molar-refractivity contribution in [3.05, 3.63) is 264 Å². The number of nitrogens with one attached hydrogen (secondary N) is 8. The third-order valence-corrected chi connectivity index (χ3v) is 25.0. The number of hydrogen-bond acceptors (Lipinski definition) is 16. The van der Waals surface area contributed by atoms with Gasteiger partial charge in [-0.3, -0.25) is 24.0 Å². The van der Waals surface area contributed by atoms with Crippen molar-refractivity contribution in [2.45, 2.75) is 262 Å². The highest BCUT2D eigenvalue weighted by molar-refractivity contribution is 6.05. The van der Waals surface area contributed by atoms with E-state index in [0.29, 0.717) is 36.9 Å². The smallest absolute Gasteiger partial charge is 0.407 e. The van der Waals surface area contributed by atoms with Gasteiger partial charge in [-0.1, -0.05) is 142 Å². The molecule has 0 saturated heterocycles. The van der Waals surface area contributed by atoms with Gasteiger partial charge in [0.15, 0.2) is 0 Å². The molecule has 8 atom stereocenters. The SMILES string of the molecule is CC(=O)N1c2ccc(-c3cccc(NC(=O)c4ccccc4)c3)cc2[C@H](NC(=O)OC(C)C)C[C@@H]1C.CC(=O)N1c2ccc(-c3cccc(NCC4CC4)c3)cc2[C@H](NC(=O)OC(C)C)C[C@@H]1C.CC(=O)N1c2ccc(-c3cccc(NCCC(C)(C)C)c3)cc2[C@H](NC(=O)OC(C)C)C[C@@H]1C.CC(=O)N1c2ccc(-c3cccc(NCCCc4ccccc4)c3)cc2[C@H](NC(=O)OC(C)C)C[C@@H]1C. The summed E-state index contributed by atoms with van der Waals surface area (Å²) in [5.41, 5.74) is 21.3. The molecule has 10 aromatic carbocycles. The van der Waals surface area contributed by atoms with E-state index in [-0.39, 0.29) is 108 Å². The van der Waals surface area contributed by atoms with Crippen molar-refractivity contribution in [1.29, 1.82) is 0 Å². The number of alkyl carbamates (subject to hydrolysis) is 4. The third kappa shape index (κ3) is 29.1. The normalized spacial score (nSPS) is 17.7. The molecule has 1 fully saturated rings. The maximum atomic E-state index is 12.6. The van der Waals surface area contributed by atoms with Gasteiger partial charge in [0.05, 0.1) is 48.6 Å². The number of ether oxygens (including phenoxy) is 4. The number of benzene rings is 10. The number of nitrogens with zero attached hydrogens (tertiary/aromatic N) is 4. The second-order valence-electron chi connectivity index (χ2n) is 39.3. The molecule has 9 amide bonds. The molecule has 1 saturated carbocycles. The van der Waals surface area contributed by atoms with Gasteiger partial charge in [-0.05, 0) is 334 Å². The number of fused-ring (bicyclic) bond motifs is 4. The summed E-state index contributed by atoms with van der Waals surface area (Å²) in [7, 11) is 0. The molecule has 25 heteroatoms. The van der Waals surface area contributed by atoms with Gasteiger partial charge in [0.1, 0.15) is 0 Å². The second-order valence-corrected chi connectivity index (χ2v) is 39.3. The summed E-state index contributed by atoms with van der Waals surface area (Å²) < 4.78 is 21.3. The van der Waals surface area contributed by atoms with Gasteiger partial charge in [0, 0.05) is 123 Å². The summed E-state index contributed by atoms with van der Waals surface area (Å²) in [6.07, 6.45) is 5.60. The molecule has 8 N–H and O–H groups in total. The van der Waals surface area contributed by atoms with E-state index in [1.165, 1.54) is 18.4 Å². The molecule has 734 valence electrons. The van der Waals surface area contributed by atoms with Gasteiger partial charge >= 0.3 is 24.4 Å². The minimum atomic E-state index is -0.486. The Kier molecular flexibility index (Phi) is 35.8. The van der Waals surface area contributed by atoms with E-state index in [4.69, 9.17) is 18.9 Å².